The Morgan fingerprint density at radius 1 is 1.42 bits per heavy atom. The zero-order valence-electron chi connectivity index (χ0n) is 15.0. The van der Waals surface area contributed by atoms with Gasteiger partial charge in [-0.2, -0.15) is 0 Å². The van der Waals surface area contributed by atoms with Crippen molar-refractivity contribution in [2.24, 2.45) is 0 Å². The molecule has 140 valence electrons. The van der Waals surface area contributed by atoms with Crippen LogP contribution in [0.2, 0.25) is 5.02 Å². The number of aryl methyl sites for hydroxylation is 1. The lowest BCUT2D eigenvalue weighted by atomic mass is 10.1. The number of likely N-dealkylation sites (N-methyl/N-ethyl adjacent to an activating group) is 1. The fourth-order valence-corrected chi connectivity index (χ4v) is 2.98. The highest BCUT2D eigenvalue weighted by atomic mass is 35.5. The van der Waals surface area contributed by atoms with Crippen molar-refractivity contribution in [2.45, 2.75) is 24.9 Å². The van der Waals surface area contributed by atoms with E-state index in [0.717, 1.165) is 0 Å². The molecule has 0 fully saturated rings. The van der Waals surface area contributed by atoms with Gasteiger partial charge in [0.2, 0.25) is 5.91 Å². The number of amides is 1. The highest BCUT2D eigenvalue weighted by molar-refractivity contribution is 7.98. The van der Waals surface area contributed by atoms with Crippen LogP contribution in [0.5, 0.6) is 5.75 Å². The van der Waals surface area contributed by atoms with Crippen LogP contribution in [-0.4, -0.2) is 47.2 Å². The van der Waals surface area contributed by atoms with Gasteiger partial charge < -0.3 is 14.6 Å². The molecule has 0 saturated carbocycles. The van der Waals surface area contributed by atoms with Crippen LogP contribution in [0.1, 0.15) is 17.7 Å². The van der Waals surface area contributed by atoms with Crippen molar-refractivity contribution in [1.82, 2.24) is 14.9 Å². The van der Waals surface area contributed by atoms with Crippen LogP contribution in [-0.2, 0) is 11.2 Å². The molecule has 0 unspecified atom stereocenters. The third-order valence-corrected chi connectivity index (χ3v) is 4.72. The van der Waals surface area contributed by atoms with Crippen molar-refractivity contribution in [3.8, 4) is 5.75 Å². The van der Waals surface area contributed by atoms with Crippen molar-refractivity contribution in [3.05, 3.63) is 50.9 Å². The second-order valence-electron chi connectivity index (χ2n) is 5.76. The van der Waals surface area contributed by atoms with Crippen molar-refractivity contribution in [2.75, 3.05) is 26.5 Å². The molecule has 2 aromatic rings. The van der Waals surface area contributed by atoms with Crippen LogP contribution in [0.25, 0.3) is 0 Å². The lowest BCUT2D eigenvalue weighted by Crippen LogP contribution is -2.31. The number of benzene rings is 1. The minimum Gasteiger partial charge on any atom is -0.492 e. The molecule has 0 aliphatic heterocycles. The number of ether oxygens (including phenoxy) is 1. The maximum absolute atomic E-state index is 12.3. The molecule has 1 aromatic heterocycles. The largest absolute Gasteiger partial charge is 0.492 e. The summed E-state index contributed by atoms with van der Waals surface area (Å²) in [5, 5.41) is 1.19. The molecule has 1 amide bonds. The van der Waals surface area contributed by atoms with Gasteiger partial charge in [0.25, 0.3) is 5.56 Å². The quantitative estimate of drug-likeness (QED) is 0.549. The lowest BCUT2D eigenvalue weighted by molar-refractivity contribution is -0.130. The average molecular weight is 396 g/mol. The van der Waals surface area contributed by atoms with Crippen molar-refractivity contribution in [1.29, 1.82) is 0 Å². The Bertz CT molecular complexity index is 826. The molecule has 1 aromatic carbocycles. The Morgan fingerprint density at radius 3 is 2.85 bits per heavy atom. The number of aromatic amines is 1. The van der Waals surface area contributed by atoms with Crippen molar-refractivity contribution < 1.29 is 9.53 Å². The van der Waals surface area contributed by atoms with E-state index in [-0.39, 0.29) is 17.9 Å². The topological polar surface area (TPSA) is 75.3 Å². The summed E-state index contributed by atoms with van der Waals surface area (Å²) in [5.74, 6) is 0.618. The molecule has 0 spiro atoms. The molecule has 6 nitrogen and oxygen atoms in total. The fourth-order valence-electron chi connectivity index (χ4n) is 2.38. The van der Waals surface area contributed by atoms with E-state index in [2.05, 4.69) is 9.97 Å². The summed E-state index contributed by atoms with van der Waals surface area (Å²) in [4.78, 5) is 33.0. The van der Waals surface area contributed by atoms with E-state index in [0.29, 0.717) is 46.8 Å². The molecule has 0 bridgehead atoms. The van der Waals surface area contributed by atoms with Crippen LogP contribution in [0.15, 0.2) is 34.2 Å². The smallest absolute Gasteiger partial charge is 0.254 e. The number of aromatic nitrogens is 2. The Morgan fingerprint density at radius 2 is 2.19 bits per heavy atom. The van der Waals surface area contributed by atoms with Crippen LogP contribution in [0.3, 0.4) is 0 Å². The third kappa shape index (κ3) is 5.78. The Labute approximate surface area is 161 Å². The number of rotatable bonds is 8. The Kier molecular flexibility index (Phi) is 7.53. The number of H-pyrrole nitrogens is 1. The van der Waals surface area contributed by atoms with Gasteiger partial charge in [0.05, 0.1) is 6.54 Å². The van der Waals surface area contributed by atoms with Crippen LogP contribution in [0, 0.1) is 6.92 Å². The second kappa shape index (κ2) is 9.64. The first-order valence-corrected chi connectivity index (χ1v) is 9.77. The molecule has 0 aliphatic carbocycles. The number of carbonyl (C=O) groups excluding carboxylic acids is 1. The minimum atomic E-state index is -0.179. The van der Waals surface area contributed by atoms with E-state index in [1.165, 1.54) is 11.8 Å². The number of nitrogens with zero attached hydrogens (tertiary/aromatic N) is 2. The van der Waals surface area contributed by atoms with Gasteiger partial charge in [-0.3, -0.25) is 9.59 Å². The lowest BCUT2D eigenvalue weighted by Gasteiger charge is -2.17. The molecule has 0 saturated heterocycles. The van der Waals surface area contributed by atoms with Gasteiger partial charge in [0, 0.05) is 29.7 Å². The summed E-state index contributed by atoms with van der Waals surface area (Å²) in [6, 6.07) is 7.12. The zero-order chi connectivity index (χ0) is 19.1. The molecule has 8 heteroatoms. The van der Waals surface area contributed by atoms with Crippen LogP contribution >= 0.6 is 23.4 Å². The third-order valence-electron chi connectivity index (χ3n) is 3.90. The maximum atomic E-state index is 12.3. The van der Waals surface area contributed by atoms with Crippen LogP contribution in [0.4, 0.5) is 0 Å². The molecule has 1 heterocycles. The number of nitrogens with one attached hydrogen (secondary N) is 1. The maximum Gasteiger partial charge on any atom is 0.254 e. The first kappa shape index (κ1) is 20.3. The van der Waals surface area contributed by atoms with Gasteiger partial charge in [-0.1, -0.05) is 29.4 Å². The molecule has 26 heavy (non-hydrogen) atoms. The van der Waals surface area contributed by atoms with E-state index in [1.807, 2.05) is 18.4 Å². The van der Waals surface area contributed by atoms with Gasteiger partial charge in [-0.15, -0.1) is 0 Å². The molecule has 1 N–H and O–H groups in total. The second-order valence-corrected chi connectivity index (χ2v) is 6.99. The van der Waals surface area contributed by atoms with Gasteiger partial charge in [-0.05, 0) is 37.8 Å². The molecule has 0 atom stereocenters. The summed E-state index contributed by atoms with van der Waals surface area (Å²) in [7, 11) is 1.72. The van der Waals surface area contributed by atoms with Gasteiger partial charge >= 0.3 is 0 Å². The van der Waals surface area contributed by atoms with E-state index in [9.17, 15) is 9.59 Å². The monoisotopic (exact) mass is 395 g/mol. The Hall–Kier alpha value is -1.99. The van der Waals surface area contributed by atoms with Crippen molar-refractivity contribution >= 4 is 29.3 Å². The van der Waals surface area contributed by atoms with E-state index in [4.69, 9.17) is 16.3 Å². The summed E-state index contributed by atoms with van der Waals surface area (Å²) in [5.41, 5.74) is 1.04. The average Bonchev–Trinajstić information content (AvgIpc) is 2.60. The number of thioether (sulfide) groups is 1. The summed E-state index contributed by atoms with van der Waals surface area (Å²) < 4.78 is 5.59. The van der Waals surface area contributed by atoms with Gasteiger partial charge in [-0.25, -0.2) is 4.98 Å². The molecular formula is C18H22ClN3O3S. The highest BCUT2D eigenvalue weighted by Gasteiger charge is 2.13. The van der Waals surface area contributed by atoms with E-state index < -0.39 is 0 Å². The van der Waals surface area contributed by atoms with E-state index in [1.54, 1.807) is 31.0 Å². The normalized spacial score (nSPS) is 10.6. The minimum absolute atomic E-state index is 0.0487. The molecular weight excluding hydrogens is 374 g/mol. The Balaban J connectivity index is 1.83. The summed E-state index contributed by atoms with van der Waals surface area (Å²) in [6.07, 6.45) is 2.46. The summed E-state index contributed by atoms with van der Waals surface area (Å²) >= 11 is 7.28. The highest BCUT2D eigenvalue weighted by Crippen LogP contribution is 2.17. The predicted octanol–water partition coefficient (Wildman–Crippen LogP) is 2.92. The standard InChI is InChI=1S/C18H22ClN3O3S/c1-12-15(17(24)21-18(20-12)26-3)7-8-16(23)22(2)9-10-25-14-6-4-5-13(19)11-14/h4-6,11H,7-10H2,1-3H3,(H,20,21,24). The number of carbonyl (C=O) groups is 1. The predicted molar refractivity (Wildman–Crippen MR) is 104 cm³/mol. The van der Waals surface area contributed by atoms with E-state index >= 15 is 0 Å². The van der Waals surface area contributed by atoms with Crippen LogP contribution < -0.4 is 10.3 Å². The zero-order valence-corrected chi connectivity index (χ0v) is 16.6. The first-order chi connectivity index (χ1) is 12.4. The molecule has 0 aliphatic rings. The van der Waals surface area contributed by atoms with Gasteiger partial charge in [0.15, 0.2) is 5.16 Å². The van der Waals surface area contributed by atoms with Gasteiger partial charge in [0.1, 0.15) is 12.4 Å². The number of halogens is 1. The van der Waals surface area contributed by atoms with Crippen molar-refractivity contribution in [3.63, 3.8) is 0 Å². The number of hydrogen-bond acceptors (Lipinski definition) is 5. The fraction of sp³-hybridized carbons (Fsp3) is 0.389. The SMILES string of the molecule is CSc1nc(C)c(CCC(=O)N(C)CCOc2cccc(Cl)c2)c(=O)[nH]1. The first-order valence-electron chi connectivity index (χ1n) is 8.17. The summed E-state index contributed by atoms with van der Waals surface area (Å²) in [6.45, 7) is 2.60. The number of hydrogen-bond donors (Lipinski definition) is 1. The molecule has 0 radical (unpaired) electrons. The molecule has 2 rings (SSSR count).